The first-order chi connectivity index (χ1) is 9.24. The molecule has 4 nitrogen and oxygen atoms in total. The molecule has 0 saturated carbocycles. The molecule has 0 radical (unpaired) electrons. The lowest BCUT2D eigenvalue weighted by molar-refractivity contribution is 0.185. The van der Waals surface area contributed by atoms with Crippen LogP contribution in [0.4, 0.5) is 17.1 Å². The third-order valence-corrected chi connectivity index (χ3v) is 2.85. The Bertz CT molecular complexity index is 556. The molecule has 2 aromatic rings. The minimum absolute atomic E-state index is 0.549. The fourth-order valence-electron chi connectivity index (χ4n) is 1.84. The van der Waals surface area contributed by atoms with Crippen LogP contribution in [-0.4, -0.2) is 14.2 Å². The molecule has 0 spiro atoms. The molecule has 4 heteroatoms. The highest BCUT2D eigenvalue weighted by Crippen LogP contribution is 2.29. The summed E-state index contributed by atoms with van der Waals surface area (Å²) in [5.74, 6) is 0.765. The van der Waals surface area contributed by atoms with Gasteiger partial charge in [0.15, 0.2) is 0 Å². The molecule has 19 heavy (non-hydrogen) atoms. The number of hydrogen-bond donors (Lipinski definition) is 2. The molecule has 0 aliphatic heterocycles. The van der Waals surface area contributed by atoms with Crippen LogP contribution in [0.5, 0.6) is 5.75 Å². The summed E-state index contributed by atoms with van der Waals surface area (Å²) in [7, 11) is 3.31. The normalized spacial score (nSPS) is 10.2. The van der Waals surface area contributed by atoms with E-state index < -0.39 is 0 Å². The van der Waals surface area contributed by atoms with E-state index in [1.165, 1.54) is 0 Å². The van der Waals surface area contributed by atoms with Gasteiger partial charge < -0.3 is 20.5 Å². The van der Waals surface area contributed by atoms with Gasteiger partial charge in [0.05, 0.1) is 25.1 Å². The average molecular weight is 258 g/mol. The molecule has 0 atom stereocenters. The number of nitrogens with two attached hydrogens (primary N) is 1. The first-order valence-electron chi connectivity index (χ1n) is 6.02. The molecule has 0 saturated heterocycles. The van der Waals surface area contributed by atoms with Crippen molar-refractivity contribution in [3.8, 4) is 5.75 Å². The fourth-order valence-corrected chi connectivity index (χ4v) is 1.84. The standard InChI is InChI=1S/C15H18N2O2/c1-18-10-11-5-3-4-6-14(11)17-15-9-12(19-2)7-8-13(15)16/h3-9,17H,10,16H2,1-2H3. The minimum atomic E-state index is 0.549. The summed E-state index contributed by atoms with van der Waals surface area (Å²) in [6, 6.07) is 13.5. The molecule has 2 aromatic carbocycles. The van der Waals surface area contributed by atoms with E-state index >= 15 is 0 Å². The van der Waals surface area contributed by atoms with Crippen molar-refractivity contribution in [2.45, 2.75) is 6.61 Å². The van der Waals surface area contributed by atoms with E-state index in [4.69, 9.17) is 15.2 Å². The van der Waals surface area contributed by atoms with Crippen molar-refractivity contribution in [2.24, 2.45) is 0 Å². The summed E-state index contributed by atoms with van der Waals surface area (Å²) in [6.07, 6.45) is 0. The fraction of sp³-hybridized carbons (Fsp3) is 0.200. The molecule has 0 amide bonds. The molecule has 100 valence electrons. The van der Waals surface area contributed by atoms with E-state index in [0.29, 0.717) is 12.3 Å². The predicted molar refractivity (Wildman–Crippen MR) is 77.8 cm³/mol. The summed E-state index contributed by atoms with van der Waals surface area (Å²) >= 11 is 0. The van der Waals surface area contributed by atoms with Crippen molar-refractivity contribution in [2.75, 3.05) is 25.3 Å². The molecule has 3 N–H and O–H groups in total. The molecule has 0 aromatic heterocycles. The highest BCUT2D eigenvalue weighted by atomic mass is 16.5. The number of rotatable bonds is 5. The highest BCUT2D eigenvalue weighted by Gasteiger charge is 2.05. The van der Waals surface area contributed by atoms with Crippen molar-refractivity contribution < 1.29 is 9.47 Å². The zero-order chi connectivity index (χ0) is 13.7. The number of benzene rings is 2. The van der Waals surface area contributed by atoms with Gasteiger partial charge in [0.1, 0.15) is 5.75 Å². The van der Waals surface area contributed by atoms with Crippen molar-refractivity contribution in [1.29, 1.82) is 0 Å². The van der Waals surface area contributed by atoms with Gasteiger partial charge in [-0.2, -0.15) is 0 Å². The van der Waals surface area contributed by atoms with Crippen LogP contribution in [0.3, 0.4) is 0 Å². The Kier molecular flexibility index (Phi) is 4.26. The molecule has 0 heterocycles. The van der Waals surface area contributed by atoms with Crippen LogP contribution >= 0.6 is 0 Å². The third kappa shape index (κ3) is 3.17. The van der Waals surface area contributed by atoms with Crippen molar-refractivity contribution in [3.05, 3.63) is 48.0 Å². The first kappa shape index (κ1) is 13.2. The number of nitrogen functional groups attached to an aromatic ring is 1. The summed E-state index contributed by atoms with van der Waals surface area (Å²) in [5, 5.41) is 3.32. The van der Waals surface area contributed by atoms with Gasteiger partial charge in [0.25, 0.3) is 0 Å². The van der Waals surface area contributed by atoms with Crippen LogP contribution in [0.1, 0.15) is 5.56 Å². The van der Waals surface area contributed by atoms with E-state index in [1.54, 1.807) is 14.2 Å². The molecule has 0 aliphatic carbocycles. The van der Waals surface area contributed by atoms with Gasteiger partial charge in [-0.05, 0) is 18.2 Å². The molecule has 0 unspecified atom stereocenters. The summed E-state index contributed by atoms with van der Waals surface area (Å²) in [5.41, 5.74) is 9.52. The number of para-hydroxylation sites is 1. The van der Waals surface area contributed by atoms with Gasteiger partial charge >= 0.3 is 0 Å². The maximum atomic E-state index is 5.97. The maximum Gasteiger partial charge on any atom is 0.121 e. The minimum Gasteiger partial charge on any atom is -0.497 e. The van der Waals surface area contributed by atoms with Crippen molar-refractivity contribution in [1.82, 2.24) is 0 Å². The Balaban J connectivity index is 2.30. The molecule has 0 aliphatic rings. The average Bonchev–Trinajstić information content (AvgIpc) is 2.43. The van der Waals surface area contributed by atoms with E-state index in [-0.39, 0.29) is 0 Å². The topological polar surface area (TPSA) is 56.5 Å². The molecule has 0 fully saturated rings. The summed E-state index contributed by atoms with van der Waals surface area (Å²) in [4.78, 5) is 0. The Morgan fingerprint density at radius 1 is 1.05 bits per heavy atom. The highest BCUT2D eigenvalue weighted by molar-refractivity contribution is 5.75. The van der Waals surface area contributed by atoms with E-state index in [2.05, 4.69) is 5.32 Å². The van der Waals surface area contributed by atoms with Gasteiger partial charge in [-0.25, -0.2) is 0 Å². The van der Waals surface area contributed by atoms with Crippen LogP contribution in [0.2, 0.25) is 0 Å². The second-order valence-electron chi connectivity index (χ2n) is 4.17. The third-order valence-electron chi connectivity index (χ3n) is 2.85. The summed E-state index contributed by atoms with van der Waals surface area (Å²) in [6.45, 7) is 0.549. The largest absolute Gasteiger partial charge is 0.497 e. The van der Waals surface area contributed by atoms with Gasteiger partial charge in [-0.3, -0.25) is 0 Å². The number of hydrogen-bond acceptors (Lipinski definition) is 4. The van der Waals surface area contributed by atoms with Crippen LogP contribution in [-0.2, 0) is 11.3 Å². The molecular weight excluding hydrogens is 240 g/mol. The number of ether oxygens (including phenoxy) is 2. The van der Waals surface area contributed by atoms with E-state index in [9.17, 15) is 0 Å². The predicted octanol–water partition coefficient (Wildman–Crippen LogP) is 3.17. The van der Waals surface area contributed by atoms with Crippen LogP contribution < -0.4 is 15.8 Å². The van der Waals surface area contributed by atoms with Gasteiger partial charge in [-0.15, -0.1) is 0 Å². The second kappa shape index (κ2) is 6.11. The Morgan fingerprint density at radius 3 is 2.58 bits per heavy atom. The van der Waals surface area contributed by atoms with Crippen LogP contribution in [0.15, 0.2) is 42.5 Å². The Hall–Kier alpha value is -2.20. The summed E-state index contributed by atoms with van der Waals surface area (Å²) < 4.78 is 10.4. The molecule has 0 bridgehead atoms. The number of methoxy groups -OCH3 is 2. The molecule has 2 rings (SSSR count). The number of anilines is 3. The van der Waals surface area contributed by atoms with Crippen LogP contribution in [0.25, 0.3) is 0 Å². The lowest BCUT2D eigenvalue weighted by atomic mass is 10.1. The van der Waals surface area contributed by atoms with E-state index in [0.717, 1.165) is 22.7 Å². The quantitative estimate of drug-likeness (QED) is 0.809. The number of nitrogens with one attached hydrogen (secondary N) is 1. The van der Waals surface area contributed by atoms with Gasteiger partial charge in [0.2, 0.25) is 0 Å². The van der Waals surface area contributed by atoms with Crippen LogP contribution in [0, 0.1) is 0 Å². The first-order valence-corrected chi connectivity index (χ1v) is 6.02. The zero-order valence-electron chi connectivity index (χ0n) is 11.1. The monoisotopic (exact) mass is 258 g/mol. The Morgan fingerprint density at radius 2 is 1.84 bits per heavy atom. The second-order valence-corrected chi connectivity index (χ2v) is 4.17. The SMILES string of the molecule is COCc1ccccc1Nc1cc(OC)ccc1N. The van der Waals surface area contributed by atoms with Gasteiger partial charge in [-0.1, -0.05) is 18.2 Å². The Labute approximate surface area is 113 Å². The maximum absolute atomic E-state index is 5.97. The molecular formula is C15H18N2O2. The van der Waals surface area contributed by atoms with Crippen molar-refractivity contribution >= 4 is 17.1 Å². The van der Waals surface area contributed by atoms with E-state index in [1.807, 2.05) is 42.5 Å². The lowest BCUT2D eigenvalue weighted by Crippen LogP contribution is -2.00. The van der Waals surface area contributed by atoms with Gasteiger partial charge in [0, 0.05) is 24.4 Å². The zero-order valence-corrected chi connectivity index (χ0v) is 11.1. The van der Waals surface area contributed by atoms with Crippen molar-refractivity contribution in [3.63, 3.8) is 0 Å². The lowest BCUT2D eigenvalue weighted by Gasteiger charge is -2.14. The smallest absolute Gasteiger partial charge is 0.121 e.